The number of ether oxygens (including phenoxy) is 1. The third kappa shape index (κ3) is 2.07. The van der Waals surface area contributed by atoms with Gasteiger partial charge < -0.3 is 4.74 Å². The van der Waals surface area contributed by atoms with Crippen molar-refractivity contribution in [3.8, 4) is 11.8 Å². The van der Waals surface area contributed by atoms with Gasteiger partial charge in [-0.2, -0.15) is 5.26 Å². The van der Waals surface area contributed by atoms with Crippen LogP contribution in [-0.2, 0) is 9.59 Å². The van der Waals surface area contributed by atoms with Crippen molar-refractivity contribution in [2.75, 3.05) is 7.11 Å². The largest absolute Gasteiger partial charge is 0.497 e. The lowest BCUT2D eigenvalue weighted by atomic mass is 9.62. The molecule has 1 aromatic carbocycles. The van der Waals surface area contributed by atoms with Crippen LogP contribution in [-0.4, -0.2) is 18.9 Å². The molecule has 0 aromatic heterocycles. The van der Waals surface area contributed by atoms with Crippen molar-refractivity contribution >= 4 is 11.8 Å². The molecule has 0 radical (unpaired) electrons. The summed E-state index contributed by atoms with van der Waals surface area (Å²) >= 11 is 0. The van der Waals surface area contributed by atoms with Gasteiger partial charge in [0.05, 0.1) is 18.6 Å². The smallest absolute Gasteiger partial charge is 0.244 e. The second-order valence-electron chi connectivity index (χ2n) is 6.04. The minimum absolute atomic E-state index is 0.220. The van der Waals surface area contributed by atoms with Crippen molar-refractivity contribution in [3.63, 3.8) is 0 Å². The Hall–Kier alpha value is -2.35. The summed E-state index contributed by atoms with van der Waals surface area (Å²) < 4.78 is 5.16. The summed E-state index contributed by atoms with van der Waals surface area (Å²) in [5, 5.41) is 11.9. The van der Waals surface area contributed by atoms with Gasteiger partial charge in [0.25, 0.3) is 0 Å². The molecule has 2 unspecified atom stereocenters. The van der Waals surface area contributed by atoms with Crippen LogP contribution in [0.5, 0.6) is 5.75 Å². The first-order valence-corrected chi connectivity index (χ1v) is 7.51. The van der Waals surface area contributed by atoms with Crippen LogP contribution in [0.1, 0.15) is 37.2 Å². The third-order valence-corrected chi connectivity index (χ3v) is 5.01. The highest BCUT2D eigenvalue weighted by Gasteiger charge is 2.56. The topological polar surface area (TPSA) is 79.2 Å². The van der Waals surface area contributed by atoms with Crippen LogP contribution >= 0.6 is 0 Å². The van der Waals surface area contributed by atoms with Gasteiger partial charge >= 0.3 is 0 Å². The summed E-state index contributed by atoms with van der Waals surface area (Å²) in [7, 11) is 1.59. The molecule has 1 saturated heterocycles. The molecule has 5 nitrogen and oxygen atoms in total. The van der Waals surface area contributed by atoms with Gasteiger partial charge in [0.2, 0.25) is 11.8 Å². The predicted molar refractivity (Wildman–Crippen MR) is 78.9 cm³/mol. The minimum atomic E-state index is -0.829. The van der Waals surface area contributed by atoms with Gasteiger partial charge in [0, 0.05) is 5.92 Å². The van der Waals surface area contributed by atoms with E-state index in [1.54, 1.807) is 7.11 Å². The number of nitrogens with zero attached hydrogens (tertiary/aromatic N) is 1. The van der Waals surface area contributed by atoms with Crippen LogP contribution in [0.2, 0.25) is 0 Å². The Balaban J connectivity index is 2.09. The number of piperidine rings is 1. The Morgan fingerprint density at radius 3 is 2.41 bits per heavy atom. The molecule has 5 heteroatoms. The number of carbonyl (C=O) groups excluding carboxylic acids is 2. The third-order valence-electron chi connectivity index (χ3n) is 5.01. The van der Waals surface area contributed by atoms with Crippen LogP contribution in [0.15, 0.2) is 24.3 Å². The molecular weight excluding hydrogens is 280 g/mol. The van der Waals surface area contributed by atoms with Crippen LogP contribution < -0.4 is 10.1 Å². The summed E-state index contributed by atoms with van der Waals surface area (Å²) in [6, 6.07) is 9.45. The van der Waals surface area contributed by atoms with E-state index < -0.39 is 17.2 Å². The summed E-state index contributed by atoms with van der Waals surface area (Å²) in [5.74, 6) is -1.20. The zero-order chi connectivity index (χ0) is 15.7. The minimum Gasteiger partial charge on any atom is -0.497 e. The first kappa shape index (κ1) is 14.6. The number of nitrogens with one attached hydrogen (secondary N) is 1. The van der Waals surface area contributed by atoms with E-state index in [4.69, 9.17) is 4.74 Å². The summed E-state index contributed by atoms with van der Waals surface area (Å²) in [4.78, 5) is 24.6. The second kappa shape index (κ2) is 5.45. The second-order valence-corrected chi connectivity index (χ2v) is 6.04. The molecule has 1 N–H and O–H groups in total. The van der Waals surface area contributed by atoms with E-state index in [1.807, 2.05) is 24.3 Å². The fourth-order valence-electron chi connectivity index (χ4n) is 3.93. The molecule has 1 aliphatic heterocycles. The zero-order valence-corrected chi connectivity index (χ0v) is 12.5. The van der Waals surface area contributed by atoms with Gasteiger partial charge in [-0.15, -0.1) is 0 Å². The van der Waals surface area contributed by atoms with Crippen molar-refractivity contribution < 1.29 is 14.3 Å². The van der Waals surface area contributed by atoms with Crippen LogP contribution in [0, 0.1) is 22.7 Å². The summed E-state index contributed by atoms with van der Waals surface area (Å²) in [6.07, 6.45) is 3.35. The summed E-state index contributed by atoms with van der Waals surface area (Å²) in [6.45, 7) is 0. The summed E-state index contributed by atoms with van der Waals surface area (Å²) in [5.41, 5.74) is 0.223. The Morgan fingerprint density at radius 1 is 1.23 bits per heavy atom. The van der Waals surface area contributed by atoms with Gasteiger partial charge in [-0.05, 0) is 30.5 Å². The molecule has 22 heavy (non-hydrogen) atoms. The maximum absolute atomic E-state index is 12.5. The quantitative estimate of drug-likeness (QED) is 0.848. The fourth-order valence-corrected chi connectivity index (χ4v) is 3.93. The lowest BCUT2D eigenvalue weighted by Gasteiger charge is -2.42. The molecule has 1 aliphatic carbocycles. The number of hydrogen-bond donors (Lipinski definition) is 1. The van der Waals surface area contributed by atoms with Crippen LogP contribution in [0.25, 0.3) is 0 Å². The highest BCUT2D eigenvalue weighted by Crippen LogP contribution is 2.54. The number of imide groups is 1. The lowest BCUT2D eigenvalue weighted by Crippen LogP contribution is -2.56. The standard InChI is InChI=1S/C17H18N2O3/c1-22-12-6-4-11(5-7-12)14-13(10-18)15(20)19-16(21)17(14)8-2-3-9-17/h4-7,13-14H,2-3,8-9H2,1H3,(H,19,20,21). The zero-order valence-electron chi connectivity index (χ0n) is 12.5. The Kier molecular flexibility index (Phi) is 3.61. The number of rotatable bonds is 2. The van der Waals surface area contributed by atoms with Gasteiger partial charge in [0.15, 0.2) is 0 Å². The van der Waals surface area contributed by atoms with Crippen LogP contribution in [0.3, 0.4) is 0 Å². The van der Waals surface area contributed by atoms with E-state index in [9.17, 15) is 14.9 Å². The van der Waals surface area contributed by atoms with E-state index in [2.05, 4.69) is 11.4 Å². The molecule has 114 valence electrons. The molecule has 2 fully saturated rings. The number of benzene rings is 1. The van der Waals surface area contributed by atoms with Crippen molar-refractivity contribution in [2.24, 2.45) is 11.3 Å². The van der Waals surface area contributed by atoms with E-state index >= 15 is 0 Å². The van der Waals surface area contributed by atoms with Gasteiger partial charge in [-0.25, -0.2) is 0 Å². The Bertz CT molecular complexity index is 639. The van der Waals surface area contributed by atoms with Gasteiger partial charge in [0.1, 0.15) is 11.7 Å². The number of methoxy groups -OCH3 is 1. The van der Waals surface area contributed by atoms with Gasteiger partial charge in [-0.1, -0.05) is 25.0 Å². The first-order valence-electron chi connectivity index (χ1n) is 7.51. The molecule has 1 aromatic rings. The van der Waals surface area contributed by atoms with Crippen molar-refractivity contribution in [2.45, 2.75) is 31.6 Å². The van der Waals surface area contributed by atoms with Crippen molar-refractivity contribution in [1.29, 1.82) is 5.26 Å². The predicted octanol–water partition coefficient (Wildman–Crippen LogP) is 2.14. The molecule has 3 rings (SSSR count). The van der Waals surface area contributed by atoms with E-state index in [0.717, 1.165) is 31.2 Å². The average molecular weight is 298 g/mol. The first-order chi connectivity index (χ1) is 10.6. The molecular formula is C17H18N2O3. The highest BCUT2D eigenvalue weighted by molar-refractivity contribution is 6.04. The average Bonchev–Trinajstić information content (AvgIpc) is 3.01. The van der Waals surface area contributed by atoms with E-state index in [0.29, 0.717) is 5.75 Å². The molecule has 2 atom stereocenters. The van der Waals surface area contributed by atoms with Crippen molar-refractivity contribution in [3.05, 3.63) is 29.8 Å². The van der Waals surface area contributed by atoms with E-state index in [-0.39, 0.29) is 11.8 Å². The number of amides is 2. The molecule has 1 heterocycles. The van der Waals surface area contributed by atoms with Crippen LogP contribution in [0.4, 0.5) is 0 Å². The van der Waals surface area contributed by atoms with Gasteiger partial charge in [-0.3, -0.25) is 14.9 Å². The normalized spacial score (nSPS) is 26.5. The molecule has 2 amide bonds. The Labute approximate surface area is 129 Å². The Morgan fingerprint density at radius 2 is 1.86 bits per heavy atom. The lowest BCUT2D eigenvalue weighted by molar-refractivity contribution is -0.145. The number of nitriles is 1. The van der Waals surface area contributed by atoms with E-state index in [1.165, 1.54) is 0 Å². The highest BCUT2D eigenvalue weighted by atomic mass is 16.5. The molecule has 0 bridgehead atoms. The SMILES string of the molecule is COc1ccc(C2C(C#N)C(=O)NC(=O)C23CCCC3)cc1. The molecule has 1 saturated carbocycles. The fraction of sp³-hybridized carbons (Fsp3) is 0.471. The monoisotopic (exact) mass is 298 g/mol. The maximum Gasteiger partial charge on any atom is 0.244 e. The number of hydrogen-bond acceptors (Lipinski definition) is 4. The molecule has 2 aliphatic rings. The maximum atomic E-state index is 12.5. The molecule has 1 spiro atoms. The van der Waals surface area contributed by atoms with Crippen molar-refractivity contribution in [1.82, 2.24) is 5.32 Å². The number of carbonyl (C=O) groups is 2.